The summed E-state index contributed by atoms with van der Waals surface area (Å²) in [4.78, 5) is 27.8. The average molecular weight is 496 g/mol. The molecule has 2 aliphatic heterocycles. The number of ketones is 1. The van der Waals surface area contributed by atoms with E-state index in [4.69, 9.17) is 32.7 Å². The Hall–Kier alpha value is -3.48. The molecular formula is C26H19Cl2NO5. The number of likely N-dealkylation sites (tertiary alicyclic amines) is 1. The number of fused-ring (bicyclic) bond motifs is 1. The minimum Gasteiger partial charge on any atom is -0.507 e. The molecule has 172 valence electrons. The minimum absolute atomic E-state index is 0.0315. The van der Waals surface area contributed by atoms with Crippen molar-refractivity contribution >= 4 is 40.7 Å². The Morgan fingerprint density at radius 3 is 2.38 bits per heavy atom. The van der Waals surface area contributed by atoms with Crippen molar-refractivity contribution in [1.82, 2.24) is 4.90 Å². The molecule has 8 heteroatoms. The maximum atomic E-state index is 13.2. The lowest BCUT2D eigenvalue weighted by Crippen LogP contribution is -2.29. The number of rotatable bonds is 4. The number of aliphatic hydroxyl groups excluding tert-OH is 1. The van der Waals surface area contributed by atoms with Crippen LogP contribution in [0.5, 0.6) is 11.5 Å². The predicted molar refractivity (Wildman–Crippen MR) is 128 cm³/mol. The Morgan fingerprint density at radius 2 is 1.65 bits per heavy atom. The summed E-state index contributed by atoms with van der Waals surface area (Å²) in [5.41, 5.74) is 1.71. The first-order valence-electron chi connectivity index (χ1n) is 10.6. The van der Waals surface area contributed by atoms with Gasteiger partial charge in [-0.05, 0) is 41.5 Å². The first-order chi connectivity index (χ1) is 16.4. The number of carbonyl (C=O) groups is 2. The largest absolute Gasteiger partial charge is 0.507 e. The summed E-state index contributed by atoms with van der Waals surface area (Å²) in [6, 6.07) is 18.3. The fraction of sp³-hybridized carbons (Fsp3) is 0.154. The Morgan fingerprint density at radius 1 is 0.912 bits per heavy atom. The van der Waals surface area contributed by atoms with Gasteiger partial charge < -0.3 is 19.5 Å². The highest BCUT2D eigenvalue weighted by Gasteiger charge is 2.46. The number of hydrogen-bond donors (Lipinski definition) is 1. The molecule has 6 nitrogen and oxygen atoms in total. The molecule has 2 aliphatic rings. The summed E-state index contributed by atoms with van der Waals surface area (Å²) in [5.74, 6) is -0.784. The summed E-state index contributed by atoms with van der Waals surface area (Å²) in [6.07, 6.45) is 0. The van der Waals surface area contributed by atoms with Gasteiger partial charge >= 0.3 is 0 Å². The molecule has 1 amide bonds. The molecule has 1 saturated heterocycles. The third-order valence-corrected chi connectivity index (χ3v) is 6.55. The topological polar surface area (TPSA) is 76.1 Å². The van der Waals surface area contributed by atoms with Crippen molar-refractivity contribution in [3.8, 4) is 11.5 Å². The molecule has 1 fully saturated rings. The normalized spacial score (nSPS) is 18.9. The van der Waals surface area contributed by atoms with Crippen LogP contribution in [0.25, 0.3) is 5.76 Å². The number of benzene rings is 3. The highest BCUT2D eigenvalue weighted by Crippen LogP contribution is 2.42. The van der Waals surface area contributed by atoms with E-state index in [0.717, 1.165) is 5.56 Å². The summed E-state index contributed by atoms with van der Waals surface area (Å²) < 4.78 is 11.2. The molecule has 34 heavy (non-hydrogen) atoms. The van der Waals surface area contributed by atoms with Gasteiger partial charge in [0, 0.05) is 12.1 Å². The van der Waals surface area contributed by atoms with Crippen LogP contribution < -0.4 is 9.47 Å². The van der Waals surface area contributed by atoms with E-state index in [-0.39, 0.29) is 22.9 Å². The van der Waals surface area contributed by atoms with Crippen LogP contribution in [0.2, 0.25) is 10.0 Å². The molecule has 0 radical (unpaired) electrons. The van der Waals surface area contributed by atoms with E-state index in [9.17, 15) is 14.7 Å². The number of amides is 1. The van der Waals surface area contributed by atoms with Crippen molar-refractivity contribution in [1.29, 1.82) is 0 Å². The fourth-order valence-corrected chi connectivity index (χ4v) is 4.50. The van der Waals surface area contributed by atoms with Gasteiger partial charge in [-0.2, -0.15) is 0 Å². The van der Waals surface area contributed by atoms with E-state index in [1.807, 2.05) is 30.3 Å². The van der Waals surface area contributed by atoms with Crippen LogP contribution in [0, 0.1) is 0 Å². The number of carbonyl (C=O) groups excluding carboxylic acids is 2. The third-order valence-electron chi connectivity index (χ3n) is 5.81. The van der Waals surface area contributed by atoms with Gasteiger partial charge in [-0.1, -0.05) is 59.6 Å². The van der Waals surface area contributed by atoms with E-state index in [1.54, 1.807) is 36.4 Å². The van der Waals surface area contributed by atoms with Crippen LogP contribution >= 0.6 is 23.2 Å². The van der Waals surface area contributed by atoms with Crippen LogP contribution in [0.1, 0.15) is 22.7 Å². The molecule has 0 bridgehead atoms. The van der Waals surface area contributed by atoms with Gasteiger partial charge in [0.15, 0.2) is 11.5 Å². The van der Waals surface area contributed by atoms with Gasteiger partial charge in [-0.15, -0.1) is 0 Å². The van der Waals surface area contributed by atoms with Gasteiger partial charge in [0.05, 0.1) is 21.7 Å². The number of Topliss-reactive ketones (excluding diaryl/α,β-unsaturated/α-hetero) is 1. The minimum atomic E-state index is -0.858. The number of nitrogens with zero attached hydrogens (tertiary/aromatic N) is 1. The van der Waals surface area contributed by atoms with Crippen LogP contribution in [-0.4, -0.2) is 34.9 Å². The van der Waals surface area contributed by atoms with E-state index >= 15 is 0 Å². The Labute approximate surface area is 205 Å². The lowest BCUT2D eigenvalue weighted by molar-refractivity contribution is -0.140. The molecule has 0 spiro atoms. The van der Waals surface area contributed by atoms with Gasteiger partial charge in [0.1, 0.15) is 19.0 Å². The first-order valence-corrected chi connectivity index (χ1v) is 11.4. The average Bonchev–Trinajstić information content (AvgIpc) is 3.10. The number of halogens is 2. The molecular weight excluding hydrogens is 477 g/mol. The smallest absolute Gasteiger partial charge is 0.295 e. The highest BCUT2D eigenvalue weighted by molar-refractivity contribution is 6.46. The second kappa shape index (κ2) is 9.05. The van der Waals surface area contributed by atoms with Gasteiger partial charge in [0.2, 0.25) is 0 Å². The van der Waals surface area contributed by atoms with Crippen molar-refractivity contribution in [3.05, 3.63) is 99.0 Å². The molecule has 3 aromatic rings. The molecule has 2 heterocycles. The molecule has 0 saturated carbocycles. The van der Waals surface area contributed by atoms with E-state index in [2.05, 4.69) is 0 Å². The zero-order valence-electron chi connectivity index (χ0n) is 17.8. The summed E-state index contributed by atoms with van der Waals surface area (Å²) in [6.45, 7) is 0.983. The Balaban J connectivity index is 1.65. The fourth-order valence-electron chi connectivity index (χ4n) is 4.20. The van der Waals surface area contributed by atoms with Crippen molar-refractivity contribution in [3.63, 3.8) is 0 Å². The quantitative estimate of drug-likeness (QED) is 0.298. The zero-order chi connectivity index (χ0) is 23.8. The standard InChI is InChI=1S/C26H19Cl2NO5/c27-18-8-6-16(12-19(18)28)23-22(24(30)17-7-9-20-21(13-17)34-11-10-33-20)25(31)26(32)29(23)14-15-4-2-1-3-5-15/h1-9,12-13,23,30H,10-11,14H2/t23-/m0/s1. The Bertz CT molecular complexity index is 1320. The lowest BCUT2D eigenvalue weighted by Gasteiger charge is -2.26. The van der Waals surface area contributed by atoms with Crippen LogP contribution in [0.4, 0.5) is 0 Å². The molecule has 1 atom stereocenters. The Kier molecular flexibility index (Phi) is 5.94. The molecule has 3 aromatic carbocycles. The SMILES string of the molecule is O=C1C(=O)N(Cc2ccccc2)[C@@H](c2ccc(Cl)c(Cl)c2)C1=C(O)c1ccc2c(c1)OCCO2. The van der Waals surface area contributed by atoms with Gasteiger partial charge in [-0.3, -0.25) is 9.59 Å². The maximum Gasteiger partial charge on any atom is 0.295 e. The zero-order valence-corrected chi connectivity index (χ0v) is 19.3. The molecule has 0 aromatic heterocycles. The second-order valence-corrected chi connectivity index (χ2v) is 8.76. The van der Waals surface area contributed by atoms with E-state index in [0.29, 0.717) is 40.9 Å². The highest BCUT2D eigenvalue weighted by atomic mass is 35.5. The third kappa shape index (κ3) is 4.00. The van der Waals surface area contributed by atoms with Crippen molar-refractivity contribution < 1.29 is 24.2 Å². The van der Waals surface area contributed by atoms with Crippen LogP contribution in [-0.2, 0) is 16.1 Å². The second-order valence-electron chi connectivity index (χ2n) is 7.94. The van der Waals surface area contributed by atoms with Crippen molar-refractivity contribution in [2.24, 2.45) is 0 Å². The van der Waals surface area contributed by atoms with Gasteiger partial charge in [0.25, 0.3) is 11.7 Å². The van der Waals surface area contributed by atoms with Gasteiger partial charge in [-0.25, -0.2) is 0 Å². The van der Waals surface area contributed by atoms with Crippen LogP contribution in [0.15, 0.2) is 72.3 Å². The monoisotopic (exact) mass is 495 g/mol. The number of ether oxygens (including phenoxy) is 2. The lowest BCUT2D eigenvalue weighted by atomic mass is 9.95. The summed E-state index contributed by atoms with van der Waals surface area (Å²) in [5, 5.41) is 11.9. The molecule has 0 unspecified atom stereocenters. The molecule has 0 aliphatic carbocycles. The number of aliphatic hydroxyl groups is 1. The van der Waals surface area contributed by atoms with Crippen LogP contribution in [0.3, 0.4) is 0 Å². The molecule has 5 rings (SSSR count). The molecule has 1 N–H and O–H groups in total. The first kappa shape index (κ1) is 22.3. The van der Waals surface area contributed by atoms with Crippen molar-refractivity contribution in [2.45, 2.75) is 12.6 Å². The van der Waals surface area contributed by atoms with Crippen molar-refractivity contribution in [2.75, 3.05) is 13.2 Å². The maximum absolute atomic E-state index is 13.2. The predicted octanol–water partition coefficient (Wildman–Crippen LogP) is 5.39. The summed E-state index contributed by atoms with van der Waals surface area (Å²) in [7, 11) is 0. The summed E-state index contributed by atoms with van der Waals surface area (Å²) >= 11 is 12.4. The van der Waals surface area contributed by atoms with E-state index in [1.165, 1.54) is 4.90 Å². The number of hydrogen-bond acceptors (Lipinski definition) is 5. The van der Waals surface area contributed by atoms with E-state index < -0.39 is 17.7 Å².